The highest BCUT2D eigenvalue weighted by atomic mass is 16.6. The molecule has 250 valence electrons. The molecule has 0 aromatic heterocycles. The van der Waals surface area contributed by atoms with Gasteiger partial charge in [0.1, 0.15) is 0 Å². The van der Waals surface area contributed by atoms with Crippen LogP contribution in [0.1, 0.15) is 34.7 Å². The van der Waals surface area contributed by atoms with Crippen molar-refractivity contribution in [3.63, 3.8) is 0 Å². The summed E-state index contributed by atoms with van der Waals surface area (Å²) >= 11 is 0. The molecule has 5 aromatic rings. The maximum atomic E-state index is 11.9. The summed E-state index contributed by atoms with van der Waals surface area (Å²) < 4.78 is 0. The third-order valence-corrected chi connectivity index (χ3v) is 6.83. The number of rotatable bonds is 10. The van der Waals surface area contributed by atoms with Gasteiger partial charge in [-0.05, 0) is 34.4 Å². The van der Waals surface area contributed by atoms with Gasteiger partial charge < -0.3 is 10.4 Å². The lowest BCUT2D eigenvalue weighted by atomic mass is 10.0. The number of anilines is 1. The zero-order valence-electron chi connectivity index (χ0n) is 26.5. The van der Waals surface area contributed by atoms with Crippen molar-refractivity contribution in [2.24, 2.45) is 4.99 Å². The van der Waals surface area contributed by atoms with Gasteiger partial charge in [-0.1, -0.05) is 115 Å². The predicted molar refractivity (Wildman–Crippen MR) is 193 cm³/mol. The van der Waals surface area contributed by atoms with E-state index in [-0.39, 0.29) is 5.91 Å². The number of phenols is 1. The highest BCUT2D eigenvalue weighted by molar-refractivity contribution is 5.95. The molecule has 0 fully saturated rings. The number of nitrogens with one attached hydrogen (secondary N) is 1. The lowest BCUT2D eigenvalue weighted by Crippen LogP contribution is -2.07. The number of phenolic OH excluding ortho intramolecular Hbond substituents is 1. The summed E-state index contributed by atoms with van der Waals surface area (Å²) in [5.74, 6) is -1.33. The van der Waals surface area contributed by atoms with E-state index in [1.807, 2.05) is 103 Å². The monoisotopic (exact) mass is 671 g/mol. The molecule has 0 atom stereocenters. The first-order valence-electron chi connectivity index (χ1n) is 14.8. The molecule has 0 aliphatic rings. The van der Waals surface area contributed by atoms with Crippen LogP contribution < -0.4 is 5.32 Å². The fourth-order valence-electron chi connectivity index (χ4n) is 4.46. The number of amides is 1. The van der Waals surface area contributed by atoms with Crippen LogP contribution in [0.5, 0.6) is 5.75 Å². The Morgan fingerprint density at radius 2 is 1.10 bits per heavy atom. The van der Waals surface area contributed by atoms with E-state index in [1.165, 1.54) is 6.92 Å². The summed E-state index contributed by atoms with van der Waals surface area (Å²) in [5, 5.41) is 43.2. The number of nitrogens with zero attached hydrogens (tertiary/aromatic N) is 4. The van der Waals surface area contributed by atoms with E-state index >= 15 is 0 Å². The van der Waals surface area contributed by atoms with Crippen LogP contribution in [-0.4, -0.2) is 32.0 Å². The van der Waals surface area contributed by atoms with Crippen LogP contribution in [0.4, 0.5) is 28.4 Å². The molecule has 0 heterocycles. The number of hydrogen-bond acceptors (Lipinski definition) is 9. The minimum absolute atomic E-state index is 0.125. The number of benzene rings is 5. The second kappa shape index (κ2) is 17.0. The predicted octanol–water partition coefficient (Wildman–Crippen LogP) is 8.85. The molecule has 0 spiro atoms. The Labute approximate surface area is 285 Å². The molecular weight excluding hydrogens is 642 g/mol. The molecule has 5 aromatic carbocycles. The minimum Gasteiger partial charge on any atom is -0.497 e. The Hall–Kier alpha value is -7.28. The van der Waals surface area contributed by atoms with Crippen LogP contribution in [0.15, 0.2) is 120 Å². The quantitative estimate of drug-likeness (QED) is 0.0636. The normalized spacial score (nSPS) is 10.9. The Bertz CT molecular complexity index is 2060. The van der Waals surface area contributed by atoms with Crippen molar-refractivity contribution in [3.05, 3.63) is 173 Å². The highest BCUT2D eigenvalue weighted by Crippen LogP contribution is 2.39. The van der Waals surface area contributed by atoms with E-state index in [2.05, 4.69) is 35.7 Å². The first-order chi connectivity index (χ1) is 24.0. The van der Waals surface area contributed by atoms with Crippen LogP contribution in [0, 0.1) is 30.3 Å². The van der Waals surface area contributed by atoms with Crippen molar-refractivity contribution in [2.45, 2.75) is 6.92 Å². The molecule has 0 aliphatic heterocycles. The maximum Gasteiger partial charge on any atom is 0.324 e. The summed E-state index contributed by atoms with van der Waals surface area (Å²) in [7, 11) is 0. The number of aromatic hydroxyl groups is 1. The molecule has 2 N–H and O–H groups in total. The van der Waals surface area contributed by atoms with Gasteiger partial charge in [0, 0.05) is 18.7 Å². The average Bonchev–Trinajstić information content (AvgIpc) is 3.10. The topological polar surface area (TPSA) is 191 Å². The van der Waals surface area contributed by atoms with Crippen molar-refractivity contribution in [1.82, 2.24) is 0 Å². The lowest BCUT2D eigenvalue weighted by molar-refractivity contribution is -0.404. The summed E-state index contributed by atoms with van der Waals surface area (Å²) in [6.07, 6.45) is 10.0. The molecule has 0 aliphatic carbocycles. The lowest BCUT2D eigenvalue weighted by Gasteiger charge is -2.11. The van der Waals surface area contributed by atoms with Gasteiger partial charge >= 0.3 is 11.4 Å². The first-order valence-corrected chi connectivity index (χ1v) is 14.8. The van der Waals surface area contributed by atoms with Gasteiger partial charge in [-0.25, -0.2) is 0 Å². The summed E-state index contributed by atoms with van der Waals surface area (Å²) in [5.41, 5.74) is 3.56. The third kappa shape index (κ3) is 10.1. The van der Waals surface area contributed by atoms with Gasteiger partial charge in [-0.3, -0.25) is 40.1 Å². The fourth-order valence-corrected chi connectivity index (χ4v) is 4.46. The molecule has 50 heavy (non-hydrogen) atoms. The molecule has 13 nitrogen and oxygen atoms in total. The van der Waals surface area contributed by atoms with E-state index < -0.39 is 37.6 Å². The average molecular weight is 672 g/mol. The standard InChI is InChI=1S/C31H26N2O.C6H3N3O7/c1-24(34)33-31-22-30(32-23-27-15-9-4-10-16-27)28(19-17-25-11-5-2-6-12-25)21-29(31)20-18-26-13-7-3-8-14-26;10-6-4(8(13)14)1-3(7(11)12)2-5(6)9(15)16/h2-23H,1H3,(H,33,34);1-2,10H/b19-17+,20-18+,32-23?;. The van der Waals surface area contributed by atoms with Gasteiger partial charge in [0.05, 0.1) is 38.3 Å². The number of hydrogen-bond donors (Lipinski definition) is 2. The highest BCUT2D eigenvalue weighted by Gasteiger charge is 2.30. The van der Waals surface area contributed by atoms with Crippen LogP contribution in [0.3, 0.4) is 0 Å². The number of carbonyl (C=O) groups excluding carboxylic acids is 1. The zero-order chi connectivity index (χ0) is 36.0. The molecule has 0 unspecified atom stereocenters. The molecule has 0 radical (unpaired) electrons. The van der Waals surface area contributed by atoms with Gasteiger partial charge in [-0.2, -0.15) is 0 Å². The zero-order valence-corrected chi connectivity index (χ0v) is 26.5. The second-order valence-corrected chi connectivity index (χ2v) is 10.4. The Morgan fingerprint density at radius 1 is 0.640 bits per heavy atom. The van der Waals surface area contributed by atoms with E-state index in [9.17, 15) is 35.1 Å². The van der Waals surface area contributed by atoms with Crippen molar-refractivity contribution in [1.29, 1.82) is 0 Å². The Balaban J connectivity index is 0.000000295. The molecular formula is C37H29N5O8. The van der Waals surface area contributed by atoms with Crippen molar-refractivity contribution in [2.75, 3.05) is 5.32 Å². The number of non-ortho nitro benzene ring substituents is 1. The largest absolute Gasteiger partial charge is 0.497 e. The van der Waals surface area contributed by atoms with Crippen LogP contribution >= 0.6 is 0 Å². The van der Waals surface area contributed by atoms with E-state index in [4.69, 9.17) is 10.1 Å². The van der Waals surface area contributed by atoms with Crippen molar-refractivity contribution >= 4 is 64.9 Å². The molecule has 0 saturated carbocycles. The Kier molecular flexibility index (Phi) is 12.1. The second-order valence-electron chi connectivity index (χ2n) is 10.4. The van der Waals surface area contributed by atoms with Gasteiger partial charge in [0.25, 0.3) is 11.4 Å². The minimum atomic E-state index is -1.21. The molecule has 1 amide bonds. The van der Waals surface area contributed by atoms with Crippen LogP contribution in [0.25, 0.3) is 24.3 Å². The SMILES string of the molecule is CC(=O)Nc1cc(N=Cc2ccccc2)c(/C=C/c2ccccc2)cc1/C=C/c1ccccc1.O=[N+]([O-])c1cc([N+](=O)[O-])c(O)c([N+](=O)[O-])c1. The number of carbonyl (C=O) groups is 1. The number of nitro groups is 3. The fraction of sp³-hybridized carbons (Fsp3) is 0.0270. The molecule has 13 heteroatoms. The number of nitro benzene ring substituents is 3. The van der Waals surface area contributed by atoms with Gasteiger partial charge in [0.2, 0.25) is 5.91 Å². The first kappa shape index (κ1) is 35.6. The van der Waals surface area contributed by atoms with E-state index in [1.54, 1.807) is 0 Å². The summed E-state index contributed by atoms with van der Waals surface area (Å²) in [4.78, 5) is 44.5. The van der Waals surface area contributed by atoms with Crippen molar-refractivity contribution in [3.8, 4) is 5.75 Å². The molecule has 0 saturated heterocycles. The van der Waals surface area contributed by atoms with Crippen LogP contribution in [-0.2, 0) is 4.79 Å². The van der Waals surface area contributed by atoms with Gasteiger partial charge in [0.15, 0.2) is 0 Å². The van der Waals surface area contributed by atoms with E-state index in [0.717, 1.165) is 39.2 Å². The van der Waals surface area contributed by atoms with Gasteiger partial charge in [-0.15, -0.1) is 0 Å². The third-order valence-electron chi connectivity index (χ3n) is 6.83. The Morgan fingerprint density at radius 3 is 1.54 bits per heavy atom. The van der Waals surface area contributed by atoms with Crippen molar-refractivity contribution < 1.29 is 24.7 Å². The van der Waals surface area contributed by atoms with E-state index in [0.29, 0.717) is 12.1 Å². The molecule has 5 rings (SSSR count). The summed E-state index contributed by atoms with van der Waals surface area (Å²) in [6, 6.07) is 35.1. The molecule has 0 bridgehead atoms. The smallest absolute Gasteiger partial charge is 0.324 e. The summed E-state index contributed by atoms with van der Waals surface area (Å²) in [6.45, 7) is 1.51. The van der Waals surface area contributed by atoms with Crippen LogP contribution in [0.2, 0.25) is 0 Å². The number of aliphatic imine (C=N–C) groups is 1. The maximum absolute atomic E-state index is 11.9.